The van der Waals surface area contributed by atoms with Crippen LogP contribution in [-0.4, -0.2) is 54.9 Å². The molecule has 0 bridgehead atoms. The summed E-state index contributed by atoms with van der Waals surface area (Å²) in [5.74, 6) is -1.30. The van der Waals surface area contributed by atoms with Crippen LogP contribution in [0, 0.1) is 0 Å². The van der Waals surface area contributed by atoms with Crippen molar-refractivity contribution in [1.82, 2.24) is 10.3 Å². The molecular weight excluding hydrogens is 282 g/mol. The van der Waals surface area contributed by atoms with Crippen molar-refractivity contribution in [3.05, 3.63) is 23.9 Å². The molecule has 1 rings (SSSR count). The van der Waals surface area contributed by atoms with Gasteiger partial charge in [-0.2, -0.15) is 0 Å². The Labute approximate surface area is 120 Å². The first-order chi connectivity index (χ1) is 10.0. The average molecular weight is 297 g/mol. The van der Waals surface area contributed by atoms with E-state index in [1.165, 1.54) is 25.4 Å². The molecule has 0 unspecified atom stereocenters. The summed E-state index contributed by atoms with van der Waals surface area (Å²) in [6.45, 7) is -0.600. The minimum absolute atomic E-state index is 0.105. The summed E-state index contributed by atoms with van der Waals surface area (Å²) in [7, 11) is 2.33. The molecule has 0 fully saturated rings. The number of aliphatic hydroxyl groups excluding tert-OH is 1. The fourth-order valence-electron chi connectivity index (χ4n) is 1.36. The molecule has 1 aromatic heterocycles. The number of hydrogen-bond acceptors (Lipinski definition) is 7. The largest absolute Gasteiger partial charge is 0.467 e. The summed E-state index contributed by atoms with van der Waals surface area (Å²) in [6, 6.07) is 1.49. The predicted molar refractivity (Wildman–Crippen MR) is 70.6 cm³/mol. The molecule has 0 aromatic carbocycles. The number of aliphatic hydroxyl groups is 1. The normalized spacial score (nSPS) is 11.2. The number of rotatable bonds is 5. The lowest BCUT2D eigenvalue weighted by Crippen LogP contribution is -2.44. The van der Waals surface area contributed by atoms with Crippen LogP contribution in [0.2, 0.25) is 0 Å². The molecule has 21 heavy (non-hydrogen) atoms. The van der Waals surface area contributed by atoms with Crippen molar-refractivity contribution in [3.63, 3.8) is 0 Å². The highest BCUT2D eigenvalue weighted by Gasteiger charge is 2.21. The summed E-state index contributed by atoms with van der Waals surface area (Å²) >= 11 is 0. The Bertz CT molecular complexity index is 533. The third kappa shape index (κ3) is 4.73. The molecule has 0 aliphatic carbocycles. The van der Waals surface area contributed by atoms with E-state index < -0.39 is 30.6 Å². The monoisotopic (exact) mass is 297 g/mol. The minimum Gasteiger partial charge on any atom is -0.467 e. The van der Waals surface area contributed by atoms with Crippen LogP contribution < -0.4 is 10.6 Å². The molecule has 9 heteroatoms. The summed E-state index contributed by atoms with van der Waals surface area (Å²) in [6.07, 6.45) is 0.564. The Morgan fingerprint density at radius 2 is 2.05 bits per heavy atom. The summed E-state index contributed by atoms with van der Waals surface area (Å²) < 4.78 is 8.83. The van der Waals surface area contributed by atoms with Gasteiger partial charge >= 0.3 is 12.1 Å². The molecule has 1 heterocycles. The number of nitrogens with one attached hydrogen (secondary N) is 2. The molecule has 0 saturated heterocycles. The van der Waals surface area contributed by atoms with Crippen molar-refractivity contribution in [3.8, 4) is 0 Å². The van der Waals surface area contributed by atoms with Gasteiger partial charge in [-0.3, -0.25) is 10.1 Å². The highest BCUT2D eigenvalue weighted by Crippen LogP contribution is 2.07. The number of anilines is 1. The Hall–Kier alpha value is -2.68. The fourth-order valence-corrected chi connectivity index (χ4v) is 1.36. The number of aromatic nitrogens is 1. The van der Waals surface area contributed by atoms with E-state index in [9.17, 15) is 14.4 Å². The highest BCUT2D eigenvalue weighted by molar-refractivity contribution is 5.97. The molecule has 2 amide bonds. The van der Waals surface area contributed by atoms with Gasteiger partial charge in [-0.25, -0.2) is 14.6 Å². The molecule has 9 nitrogen and oxygen atoms in total. The lowest BCUT2D eigenvalue weighted by Gasteiger charge is -2.14. The molecule has 1 aromatic rings. The van der Waals surface area contributed by atoms with Gasteiger partial charge in [0, 0.05) is 11.8 Å². The van der Waals surface area contributed by atoms with Gasteiger partial charge in [0.25, 0.3) is 5.91 Å². The van der Waals surface area contributed by atoms with E-state index in [-0.39, 0.29) is 11.4 Å². The molecule has 0 saturated carbocycles. The van der Waals surface area contributed by atoms with Gasteiger partial charge < -0.3 is 19.9 Å². The van der Waals surface area contributed by atoms with E-state index in [1.54, 1.807) is 0 Å². The number of esters is 1. The van der Waals surface area contributed by atoms with Crippen LogP contribution in [-0.2, 0) is 14.3 Å². The smallest absolute Gasteiger partial charge is 0.412 e. The van der Waals surface area contributed by atoms with Crippen molar-refractivity contribution < 1.29 is 29.0 Å². The van der Waals surface area contributed by atoms with Crippen LogP contribution in [0.25, 0.3) is 0 Å². The zero-order chi connectivity index (χ0) is 15.8. The molecular formula is C12H15N3O6. The topological polar surface area (TPSA) is 127 Å². The fraction of sp³-hybridized carbons (Fsp3) is 0.333. The third-order valence-electron chi connectivity index (χ3n) is 2.41. The number of hydrogen-bond donors (Lipinski definition) is 3. The van der Waals surface area contributed by atoms with Gasteiger partial charge in [-0.1, -0.05) is 0 Å². The zero-order valence-electron chi connectivity index (χ0n) is 11.5. The second-order valence-electron chi connectivity index (χ2n) is 3.78. The van der Waals surface area contributed by atoms with E-state index >= 15 is 0 Å². The first-order valence-corrected chi connectivity index (χ1v) is 5.82. The number of amides is 2. The summed E-state index contributed by atoms with van der Waals surface area (Å²) in [5.41, 5.74) is 0.138. The first-order valence-electron chi connectivity index (χ1n) is 5.82. The van der Waals surface area contributed by atoms with Crippen LogP contribution in [0.5, 0.6) is 0 Å². The minimum atomic E-state index is -1.17. The zero-order valence-corrected chi connectivity index (χ0v) is 11.5. The number of carbonyl (C=O) groups is 3. The number of ether oxygens (including phenoxy) is 2. The Morgan fingerprint density at radius 1 is 1.33 bits per heavy atom. The molecule has 114 valence electrons. The van der Waals surface area contributed by atoms with Crippen molar-refractivity contribution >= 4 is 23.8 Å². The van der Waals surface area contributed by atoms with Gasteiger partial charge in [0.2, 0.25) is 0 Å². The van der Waals surface area contributed by atoms with E-state index in [2.05, 4.69) is 25.1 Å². The molecule has 0 aliphatic heterocycles. The highest BCUT2D eigenvalue weighted by atomic mass is 16.5. The number of carbonyl (C=O) groups excluding carboxylic acids is 3. The van der Waals surface area contributed by atoms with Crippen LogP contribution in [0.4, 0.5) is 10.6 Å². The maximum Gasteiger partial charge on any atom is 0.412 e. The van der Waals surface area contributed by atoms with Crippen LogP contribution in [0.15, 0.2) is 18.3 Å². The molecule has 0 radical (unpaired) electrons. The molecule has 0 aliphatic rings. The van der Waals surface area contributed by atoms with Crippen LogP contribution in [0.3, 0.4) is 0 Å². The van der Waals surface area contributed by atoms with Crippen LogP contribution in [0.1, 0.15) is 10.4 Å². The van der Waals surface area contributed by atoms with Crippen molar-refractivity contribution in [2.24, 2.45) is 0 Å². The maximum absolute atomic E-state index is 11.9. The predicted octanol–water partition coefficient (Wildman–Crippen LogP) is -0.476. The molecule has 0 spiro atoms. The SMILES string of the molecule is COC(=O)Nc1cc(C(=O)N[C@H](CO)C(=O)OC)ccn1. The van der Waals surface area contributed by atoms with E-state index in [0.717, 1.165) is 7.11 Å². The average Bonchev–Trinajstić information content (AvgIpc) is 2.51. The third-order valence-corrected chi connectivity index (χ3v) is 2.41. The standard InChI is InChI=1S/C12H15N3O6/c1-20-11(18)8(6-16)14-10(17)7-3-4-13-9(5-7)15-12(19)21-2/h3-5,8,16H,6H2,1-2H3,(H,14,17)(H,13,15,19)/t8-/m1/s1. The first kappa shape index (κ1) is 16.4. The van der Waals surface area contributed by atoms with Gasteiger partial charge in [0.05, 0.1) is 20.8 Å². The Balaban J connectivity index is 2.80. The summed E-state index contributed by atoms with van der Waals surface area (Å²) in [4.78, 5) is 38.1. The van der Waals surface area contributed by atoms with E-state index in [1.807, 2.05) is 0 Å². The van der Waals surface area contributed by atoms with Crippen molar-refractivity contribution in [1.29, 1.82) is 0 Å². The Morgan fingerprint density at radius 3 is 2.62 bits per heavy atom. The van der Waals surface area contributed by atoms with Crippen molar-refractivity contribution in [2.75, 3.05) is 26.1 Å². The second-order valence-corrected chi connectivity index (χ2v) is 3.78. The van der Waals surface area contributed by atoms with Crippen LogP contribution >= 0.6 is 0 Å². The number of nitrogens with zero attached hydrogens (tertiary/aromatic N) is 1. The molecule has 1 atom stereocenters. The number of methoxy groups -OCH3 is 2. The van der Waals surface area contributed by atoms with E-state index in [4.69, 9.17) is 5.11 Å². The van der Waals surface area contributed by atoms with E-state index in [0.29, 0.717) is 0 Å². The van der Waals surface area contributed by atoms with Gasteiger partial charge in [0.1, 0.15) is 5.82 Å². The van der Waals surface area contributed by atoms with Gasteiger partial charge in [-0.15, -0.1) is 0 Å². The molecule has 3 N–H and O–H groups in total. The van der Waals surface area contributed by atoms with Gasteiger partial charge in [0.15, 0.2) is 6.04 Å². The Kier molecular flexibility index (Phi) is 6.08. The summed E-state index contributed by atoms with van der Waals surface area (Å²) in [5, 5.41) is 13.6. The van der Waals surface area contributed by atoms with Gasteiger partial charge in [-0.05, 0) is 12.1 Å². The lowest BCUT2D eigenvalue weighted by atomic mass is 10.2. The lowest BCUT2D eigenvalue weighted by molar-refractivity contribution is -0.143. The second kappa shape index (κ2) is 7.80. The quantitative estimate of drug-likeness (QED) is 0.626. The maximum atomic E-state index is 11.9. The number of pyridine rings is 1. The van der Waals surface area contributed by atoms with Crippen molar-refractivity contribution in [2.45, 2.75) is 6.04 Å².